The number of ether oxygens (including phenoxy) is 5. The summed E-state index contributed by atoms with van der Waals surface area (Å²) >= 11 is 0. The molecule has 2 amide bonds. The zero-order chi connectivity index (χ0) is 19.9. The van der Waals surface area contributed by atoms with Crippen LogP contribution in [0.5, 0.6) is 28.7 Å². The molecule has 0 bridgehead atoms. The van der Waals surface area contributed by atoms with E-state index >= 15 is 0 Å². The van der Waals surface area contributed by atoms with Crippen molar-refractivity contribution >= 4 is 6.03 Å². The second-order valence-electron chi connectivity index (χ2n) is 6.09. The van der Waals surface area contributed by atoms with Crippen LogP contribution in [0.1, 0.15) is 18.5 Å². The highest BCUT2D eigenvalue weighted by molar-refractivity contribution is 5.74. The molecule has 8 heteroatoms. The number of amides is 2. The predicted octanol–water partition coefficient (Wildman–Crippen LogP) is 2.87. The molecule has 1 atom stereocenters. The minimum atomic E-state index is -0.299. The number of rotatable bonds is 8. The van der Waals surface area contributed by atoms with E-state index in [0.717, 1.165) is 5.56 Å². The summed E-state index contributed by atoms with van der Waals surface area (Å²) < 4.78 is 26.8. The minimum Gasteiger partial charge on any atom is -0.497 e. The number of urea groups is 1. The Morgan fingerprint density at radius 2 is 1.86 bits per heavy atom. The summed E-state index contributed by atoms with van der Waals surface area (Å²) in [5.41, 5.74) is 0.827. The first-order chi connectivity index (χ1) is 13.6. The molecule has 2 aromatic carbocycles. The summed E-state index contributed by atoms with van der Waals surface area (Å²) in [6.07, 6.45) is 0. The van der Waals surface area contributed by atoms with Gasteiger partial charge in [0.15, 0.2) is 11.5 Å². The first-order valence-corrected chi connectivity index (χ1v) is 8.89. The van der Waals surface area contributed by atoms with Crippen molar-refractivity contribution in [2.24, 2.45) is 0 Å². The van der Waals surface area contributed by atoms with E-state index in [9.17, 15) is 4.79 Å². The summed E-state index contributed by atoms with van der Waals surface area (Å²) in [5, 5.41) is 5.65. The SMILES string of the molecule is COc1ccc(OC)c(C(C)NC(=O)NCCOc2ccc3c(c2)OCO3)c1. The van der Waals surface area contributed by atoms with Gasteiger partial charge in [0.05, 0.1) is 26.8 Å². The third-order valence-corrected chi connectivity index (χ3v) is 4.25. The molecule has 0 saturated heterocycles. The van der Waals surface area contributed by atoms with E-state index in [2.05, 4.69) is 10.6 Å². The van der Waals surface area contributed by atoms with Crippen LogP contribution in [0.2, 0.25) is 0 Å². The Morgan fingerprint density at radius 3 is 2.64 bits per heavy atom. The van der Waals surface area contributed by atoms with Gasteiger partial charge in [-0.3, -0.25) is 0 Å². The number of methoxy groups -OCH3 is 2. The number of hydrogen-bond donors (Lipinski definition) is 2. The van der Waals surface area contributed by atoms with Gasteiger partial charge in [-0.15, -0.1) is 0 Å². The Bertz CT molecular complexity index is 826. The van der Waals surface area contributed by atoms with Crippen molar-refractivity contribution in [3.8, 4) is 28.7 Å². The summed E-state index contributed by atoms with van der Waals surface area (Å²) in [7, 11) is 3.18. The Morgan fingerprint density at radius 1 is 1.07 bits per heavy atom. The van der Waals surface area contributed by atoms with Crippen molar-refractivity contribution in [1.29, 1.82) is 0 Å². The molecule has 150 valence electrons. The number of hydrogen-bond acceptors (Lipinski definition) is 6. The first kappa shape index (κ1) is 19.5. The molecule has 3 rings (SSSR count). The van der Waals surface area contributed by atoms with E-state index in [1.165, 1.54) is 0 Å². The number of fused-ring (bicyclic) bond motifs is 1. The fourth-order valence-corrected chi connectivity index (χ4v) is 2.80. The van der Waals surface area contributed by atoms with E-state index in [1.54, 1.807) is 32.4 Å². The van der Waals surface area contributed by atoms with Crippen LogP contribution in [0.15, 0.2) is 36.4 Å². The fraction of sp³-hybridized carbons (Fsp3) is 0.350. The lowest BCUT2D eigenvalue weighted by Crippen LogP contribution is -2.39. The smallest absolute Gasteiger partial charge is 0.315 e. The van der Waals surface area contributed by atoms with Gasteiger partial charge in [0.1, 0.15) is 23.9 Å². The molecule has 0 saturated carbocycles. The summed E-state index contributed by atoms with van der Waals surface area (Å²) in [4.78, 5) is 12.2. The maximum atomic E-state index is 12.2. The predicted molar refractivity (Wildman–Crippen MR) is 103 cm³/mol. The van der Waals surface area contributed by atoms with E-state index in [0.29, 0.717) is 41.9 Å². The molecule has 0 radical (unpaired) electrons. The monoisotopic (exact) mass is 388 g/mol. The zero-order valence-electron chi connectivity index (χ0n) is 16.1. The van der Waals surface area contributed by atoms with Gasteiger partial charge < -0.3 is 34.3 Å². The van der Waals surface area contributed by atoms with E-state index in [1.807, 2.05) is 25.1 Å². The lowest BCUT2D eigenvalue weighted by Gasteiger charge is -2.18. The van der Waals surface area contributed by atoms with Crippen LogP contribution in [-0.2, 0) is 0 Å². The molecule has 2 aromatic rings. The van der Waals surface area contributed by atoms with Gasteiger partial charge in [0, 0.05) is 11.6 Å². The minimum absolute atomic E-state index is 0.219. The van der Waals surface area contributed by atoms with Crippen LogP contribution in [0.3, 0.4) is 0 Å². The number of carbonyl (C=O) groups excluding carboxylic acids is 1. The standard InChI is InChI=1S/C20H24N2O6/c1-13(16-10-14(24-2)4-6-17(16)25-3)22-20(23)21-8-9-26-15-5-7-18-19(11-15)28-12-27-18/h4-7,10-11,13H,8-9,12H2,1-3H3,(H2,21,22,23). The van der Waals surface area contributed by atoms with Crippen molar-refractivity contribution in [2.75, 3.05) is 34.2 Å². The molecule has 0 fully saturated rings. The largest absolute Gasteiger partial charge is 0.497 e. The van der Waals surface area contributed by atoms with Crippen LogP contribution in [0.25, 0.3) is 0 Å². The van der Waals surface area contributed by atoms with Crippen molar-refractivity contribution in [3.05, 3.63) is 42.0 Å². The number of nitrogens with one attached hydrogen (secondary N) is 2. The molecule has 1 aliphatic rings. The molecule has 0 aromatic heterocycles. The quantitative estimate of drug-likeness (QED) is 0.676. The molecule has 1 unspecified atom stereocenters. The Labute approximate surface area is 163 Å². The van der Waals surface area contributed by atoms with Crippen molar-refractivity contribution < 1.29 is 28.5 Å². The molecule has 0 aliphatic carbocycles. The van der Waals surface area contributed by atoms with Gasteiger partial charge in [-0.1, -0.05) is 0 Å². The lowest BCUT2D eigenvalue weighted by molar-refractivity contribution is 0.173. The normalized spacial score (nSPS) is 12.8. The highest BCUT2D eigenvalue weighted by Crippen LogP contribution is 2.35. The third kappa shape index (κ3) is 4.70. The molecule has 8 nitrogen and oxygen atoms in total. The second kappa shape index (κ2) is 9.07. The van der Waals surface area contributed by atoms with Gasteiger partial charge in [0.2, 0.25) is 6.79 Å². The Kier molecular flexibility index (Phi) is 6.31. The van der Waals surface area contributed by atoms with Crippen LogP contribution in [0.4, 0.5) is 4.79 Å². The van der Waals surface area contributed by atoms with Crippen molar-refractivity contribution in [1.82, 2.24) is 10.6 Å². The van der Waals surface area contributed by atoms with Crippen molar-refractivity contribution in [3.63, 3.8) is 0 Å². The van der Waals surface area contributed by atoms with Gasteiger partial charge >= 0.3 is 6.03 Å². The second-order valence-corrected chi connectivity index (χ2v) is 6.09. The average molecular weight is 388 g/mol. The third-order valence-electron chi connectivity index (χ3n) is 4.25. The average Bonchev–Trinajstić information content (AvgIpc) is 3.18. The van der Waals surface area contributed by atoms with Crippen LogP contribution in [0, 0.1) is 0 Å². The lowest BCUT2D eigenvalue weighted by atomic mass is 10.1. The fourth-order valence-electron chi connectivity index (χ4n) is 2.80. The zero-order valence-corrected chi connectivity index (χ0v) is 16.1. The van der Waals surface area contributed by atoms with E-state index < -0.39 is 0 Å². The molecule has 0 spiro atoms. The first-order valence-electron chi connectivity index (χ1n) is 8.89. The van der Waals surface area contributed by atoms with E-state index in [-0.39, 0.29) is 18.9 Å². The number of benzene rings is 2. The highest BCUT2D eigenvalue weighted by Gasteiger charge is 2.16. The summed E-state index contributed by atoms with van der Waals surface area (Å²) in [5.74, 6) is 3.39. The number of carbonyl (C=O) groups is 1. The van der Waals surface area contributed by atoms with Gasteiger partial charge in [-0.05, 0) is 37.3 Å². The van der Waals surface area contributed by atoms with Gasteiger partial charge in [-0.2, -0.15) is 0 Å². The van der Waals surface area contributed by atoms with Crippen LogP contribution >= 0.6 is 0 Å². The van der Waals surface area contributed by atoms with Gasteiger partial charge in [0.25, 0.3) is 0 Å². The summed E-state index contributed by atoms with van der Waals surface area (Å²) in [6, 6.07) is 10.2. The topological polar surface area (TPSA) is 87.3 Å². The van der Waals surface area contributed by atoms with Gasteiger partial charge in [-0.25, -0.2) is 4.79 Å². The molecule has 1 heterocycles. The van der Waals surface area contributed by atoms with Crippen LogP contribution in [-0.4, -0.2) is 40.2 Å². The molecular weight excluding hydrogens is 364 g/mol. The maximum absolute atomic E-state index is 12.2. The molecule has 1 aliphatic heterocycles. The molecule has 2 N–H and O–H groups in total. The highest BCUT2D eigenvalue weighted by atomic mass is 16.7. The van der Waals surface area contributed by atoms with Crippen LogP contribution < -0.4 is 34.3 Å². The maximum Gasteiger partial charge on any atom is 0.315 e. The Hall–Kier alpha value is -3.29. The molecule has 28 heavy (non-hydrogen) atoms. The van der Waals surface area contributed by atoms with E-state index in [4.69, 9.17) is 23.7 Å². The molecular formula is C20H24N2O6. The Balaban J connectivity index is 1.45. The summed E-state index contributed by atoms with van der Waals surface area (Å²) in [6.45, 7) is 2.77. The van der Waals surface area contributed by atoms with Crippen molar-refractivity contribution in [2.45, 2.75) is 13.0 Å².